The fraction of sp³-hybridized carbons (Fsp3) is 0.571. The van der Waals surface area contributed by atoms with Gasteiger partial charge in [0.25, 0.3) is 0 Å². The molecule has 0 fully saturated rings. The summed E-state index contributed by atoms with van der Waals surface area (Å²) in [6.07, 6.45) is 0. The van der Waals surface area contributed by atoms with Gasteiger partial charge in [-0.25, -0.2) is 0 Å². The normalized spacial score (nSPS) is 10.2. The van der Waals surface area contributed by atoms with E-state index in [2.05, 4.69) is 0 Å². The largest absolute Gasteiger partial charge is 1.00 e. The van der Waals surface area contributed by atoms with Crippen LogP contribution in [0.1, 0.15) is 11.2 Å². The van der Waals surface area contributed by atoms with E-state index in [1.165, 1.54) is 6.92 Å². The maximum atomic E-state index is 10.5. The van der Waals surface area contributed by atoms with Gasteiger partial charge in [-0.1, -0.05) is 0 Å². The van der Waals surface area contributed by atoms with Crippen LogP contribution >= 0.6 is 0 Å². The van der Waals surface area contributed by atoms with Crippen molar-refractivity contribution in [2.75, 3.05) is 13.1 Å². The molecule has 0 aromatic rings. The van der Waals surface area contributed by atoms with Gasteiger partial charge in [-0.15, -0.1) is 0 Å². The van der Waals surface area contributed by atoms with E-state index in [0.717, 1.165) is 4.90 Å². The third-order valence-electron chi connectivity index (χ3n) is 1.58. The number of carboxylic acids is 3. The number of carboxylic acid groups (broad SMARTS) is 3. The van der Waals surface area contributed by atoms with Crippen molar-refractivity contribution in [1.82, 2.24) is 4.90 Å². The summed E-state index contributed by atoms with van der Waals surface area (Å²) in [7, 11) is 0. The van der Waals surface area contributed by atoms with E-state index in [0.29, 0.717) is 0 Å². The first-order valence-corrected chi connectivity index (χ1v) is 3.75. The zero-order valence-electron chi connectivity index (χ0n) is 13.5. The van der Waals surface area contributed by atoms with E-state index in [-0.39, 0.29) is 93.0 Å². The van der Waals surface area contributed by atoms with E-state index in [1.54, 1.807) is 0 Å². The molecule has 0 radical (unpaired) electrons. The first kappa shape index (κ1) is 26.8. The van der Waals surface area contributed by atoms with Gasteiger partial charge < -0.3 is 19.6 Å². The van der Waals surface area contributed by atoms with E-state index < -0.39 is 37.0 Å². The minimum absolute atomic E-state index is 0. The number of nitrogens with zero attached hydrogens (tertiary/aromatic N) is 1. The van der Waals surface area contributed by atoms with Gasteiger partial charge in [0.05, 0.1) is 13.1 Å². The predicted molar refractivity (Wildman–Crippen MR) is 47.3 cm³/mol. The molecule has 0 aliphatic carbocycles. The molecule has 17 heavy (non-hydrogen) atoms. The van der Waals surface area contributed by atoms with E-state index in [9.17, 15) is 14.4 Å². The summed E-state index contributed by atoms with van der Waals surface area (Å²) < 4.78 is 0. The van der Waals surface area contributed by atoms with Crippen molar-refractivity contribution in [3.05, 3.63) is 0 Å². The monoisotopic (exact) mass is 277 g/mol. The first-order chi connectivity index (χ1) is 6.34. The van der Waals surface area contributed by atoms with Crippen molar-refractivity contribution >= 4 is 17.9 Å². The molecule has 0 aromatic carbocycles. The summed E-state index contributed by atoms with van der Waals surface area (Å²) in [5.41, 5.74) is 0. The van der Waals surface area contributed by atoms with Gasteiger partial charge in [0.1, 0.15) is 6.04 Å². The van der Waals surface area contributed by atoms with Crippen LogP contribution in [0.2, 0.25) is 0 Å². The summed E-state index contributed by atoms with van der Waals surface area (Å²) >= 11 is 0. The van der Waals surface area contributed by atoms with Gasteiger partial charge in [0.15, 0.2) is 0 Å². The first-order valence-electron chi connectivity index (χ1n) is 3.75. The molecule has 0 saturated heterocycles. The molecule has 0 saturated carbocycles. The molecule has 0 spiro atoms. The van der Waals surface area contributed by atoms with Gasteiger partial charge in [-0.05, 0) is 6.92 Å². The smallest absolute Gasteiger partial charge is 1.00 e. The molecule has 0 heterocycles. The third-order valence-corrected chi connectivity index (χ3v) is 1.58. The number of hydrogen-bond acceptors (Lipinski definition) is 4. The van der Waals surface area contributed by atoms with Crippen molar-refractivity contribution in [2.24, 2.45) is 0 Å². The second-order valence-electron chi connectivity index (χ2n) is 2.71. The number of carbonyl (C=O) groups is 3. The summed E-state index contributed by atoms with van der Waals surface area (Å²) in [6, 6.07) is -1.14. The Labute approximate surface area is 169 Å². The summed E-state index contributed by atoms with van der Waals surface area (Å²) in [5, 5.41) is 25.4. The molecule has 0 amide bonds. The molecule has 0 aromatic heterocycles. The van der Waals surface area contributed by atoms with Crippen LogP contribution in [0.3, 0.4) is 0 Å². The second kappa shape index (κ2) is 13.8. The van der Waals surface area contributed by atoms with Crippen molar-refractivity contribution in [1.29, 1.82) is 0 Å². The van der Waals surface area contributed by atoms with Gasteiger partial charge in [-0.3, -0.25) is 19.3 Å². The summed E-state index contributed by atoms with van der Waals surface area (Å²) in [5.74, 6) is -3.79. The summed E-state index contributed by atoms with van der Waals surface area (Å²) in [4.78, 5) is 31.9. The van der Waals surface area contributed by atoms with Crippen molar-refractivity contribution < 1.29 is 123 Å². The Kier molecular flexibility index (Phi) is 21.8. The molecule has 7 nitrogen and oxygen atoms in total. The Bertz CT molecular complexity index is 258. The van der Waals surface area contributed by atoms with E-state index in [1.807, 2.05) is 0 Å². The number of rotatable bonds is 6. The quantitative estimate of drug-likeness (QED) is 0.413. The van der Waals surface area contributed by atoms with Crippen LogP contribution in [0.25, 0.3) is 0 Å². The standard InChI is InChI=1S/C7H11NO6.3Na.3H/c1-4(7(13)14)8(2-5(9)10)3-6(11)12;;;;;;/h4H,2-3H2,1H3,(H,9,10)(H,11,12)(H,13,14);;;;;;/q;3*+1;3*-1/t4-;;;;;;/m0....../s1. The molecule has 0 aliphatic rings. The summed E-state index contributed by atoms with van der Waals surface area (Å²) in [6.45, 7) is 0.00769. The minimum atomic E-state index is -1.26. The Morgan fingerprint density at radius 3 is 1.47 bits per heavy atom. The molecule has 3 N–H and O–H groups in total. The van der Waals surface area contributed by atoms with Crippen LogP contribution in [0.4, 0.5) is 0 Å². The Morgan fingerprint density at radius 1 is 1.00 bits per heavy atom. The van der Waals surface area contributed by atoms with Crippen LogP contribution < -0.4 is 88.7 Å². The topological polar surface area (TPSA) is 115 Å². The molecular formula is C7H14NNa3O6. The molecule has 0 bridgehead atoms. The number of hydrogen-bond donors (Lipinski definition) is 3. The Balaban J connectivity index is -0.0000000563. The number of aliphatic carboxylic acids is 3. The second-order valence-corrected chi connectivity index (χ2v) is 2.71. The van der Waals surface area contributed by atoms with Crippen LogP contribution in [0.15, 0.2) is 0 Å². The van der Waals surface area contributed by atoms with Crippen LogP contribution in [-0.4, -0.2) is 57.3 Å². The third kappa shape index (κ3) is 13.6. The fourth-order valence-corrected chi connectivity index (χ4v) is 0.833. The molecule has 1 atom stereocenters. The zero-order valence-corrected chi connectivity index (χ0v) is 16.5. The predicted octanol–water partition coefficient (Wildman–Crippen LogP) is -9.72. The molecule has 0 aliphatic heterocycles. The molecule has 10 heteroatoms. The molecule has 86 valence electrons. The zero-order chi connectivity index (χ0) is 11.3. The maximum absolute atomic E-state index is 10.5. The van der Waals surface area contributed by atoms with Crippen molar-refractivity contribution in [3.8, 4) is 0 Å². The van der Waals surface area contributed by atoms with Crippen LogP contribution in [0.5, 0.6) is 0 Å². The van der Waals surface area contributed by atoms with E-state index >= 15 is 0 Å². The van der Waals surface area contributed by atoms with Gasteiger partial charge in [0.2, 0.25) is 0 Å². The van der Waals surface area contributed by atoms with Crippen molar-refractivity contribution in [3.63, 3.8) is 0 Å². The average molecular weight is 277 g/mol. The van der Waals surface area contributed by atoms with E-state index in [4.69, 9.17) is 15.3 Å². The minimum Gasteiger partial charge on any atom is -1.00 e. The van der Waals surface area contributed by atoms with Gasteiger partial charge in [-0.2, -0.15) is 0 Å². The Hall–Kier alpha value is 1.37. The fourth-order valence-electron chi connectivity index (χ4n) is 0.833. The maximum Gasteiger partial charge on any atom is 1.00 e. The SMILES string of the molecule is C[C@@H](C(=O)O)N(CC(=O)O)CC(=O)O.[H-].[H-].[H-].[Na+].[Na+].[Na+]. The average Bonchev–Trinajstić information content (AvgIpc) is 1.99. The molecule has 0 unspecified atom stereocenters. The van der Waals surface area contributed by atoms with Crippen LogP contribution in [0, 0.1) is 0 Å². The molecular weight excluding hydrogens is 263 g/mol. The van der Waals surface area contributed by atoms with Gasteiger partial charge in [0, 0.05) is 0 Å². The van der Waals surface area contributed by atoms with Crippen LogP contribution in [-0.2, 0) is 14.4 Å². The van der Waals surface area contributed by atoms with Gasteiger partial charge >= 0.3 is 107 Å². The Morgan fingerprint density at radius 2 is 1.29 bits per heavy atom. The van der Waals surface area contributed by atoms with Crippen molar-refractivity contribution in [2.45, 2.75) is 13.0 Å². The molecule has 0 rings (SSSR count).